The second kappa shape index (κ2) is 4.13. The molecular weight excluding hydrogens is 278 g/mol. The van der Waals surface area contributed by atoms with Gasteiger partial charge in [-0.25, -0.2) is 0 Å². The lowest BCUT2D eigenvalue weighted by molar-refractivity contribution is -0.107. The summed E-state index contributed by atoms with van der Waals surface area (Å²) in [4.78, 5) is 13.2. The summed E-state index contributed by atoms with van der Waals surface area (Å²) in [6.45, 7) is 0.952. The summed E-state index contributed by atoms with van der Waals surface area (Å²) in [7, 11) is 0. The lowest BCUT2D eigenvalue weighted by Crippen LogP contribution is -2.27. The maximum atomic E-state index is 11.4. The maximum absolute atomic E-state index is 11.4. The van der Waals surface area contributed by atoms with Crippen LogP contribution in [0.4, 0.5) is 5.69 Å². The molecule has 0 fully saturated rings. The van der Waals surface area contributed by atoms with Crippen molar-refractivity contribution in [3.8, 4) is 11.5 Å². The van der Waals surface area contributed by atoms with Gasteiger partial charge in [-0.3, -0.25) is 4.79 Å². The van der Waals surface area contributed by atoms with Gasteiger partial charge in [0.15, 0.2) is 11.5 Å². The van der Waals surface area contributed by atoms with E-state index in [9.17, 15) is 4.79 Å². The number of carbonyl (C=O) groups is 1. The number of nitrogens with zero attached hydrogens (tertiary/aromatic N) is 1. The maximum Gasteiger partial charge on any atom is 0.231 e. The van der Waals surface area contributed by atoms with Crippen molar-refractivity contribution in [2.45, 2.75) is 6.42 Å². The van der Waals surface area contributed by atoms with Crippen LogP contribution >= 0.6 is 0 Å². The molecule has 3 aromatic rings. The first kappa shape index (κ1) is 11.9. The molecule has 5 rings (SSSR count). The zero-order valence-electron chi connectivity index (χ0n) is 11.8. The summed E-state index contributed by atoms with van der Waals surface area (Å²) in [6.07, 6.45) is 1.74. The van der Waals surface area contributed by atoms with Gasteiger partial charge in [0.25, 0.3) is 0 Å². The lowest BCUT2D eigenvalue weighted by Gasteiger charge is -2.27. The number of rotatable bonds is 1. The highest BCUT2D eigenvalue weighted by molar-refractivity contribution is 6.19. The minimum Gasteiger partial charge on any atom is -0.454 e. The molecule has 2 heterocycles. The van der Waals surface area contributed by atoms with E-state index >= 15 is 0 Å². The SMILES string of the molecule is O=CN1CCc2cc3c(c4c2c1cc1ccccc14)OCO3. The third kappa shape index (κ3) is 1.39. The summed E-state index contributed by atoms with van der Waals surface area (Å²) >= 11 is 0. The molecule has 0 aliphatic carbocycles. The van der Waals surface area contributed by atoms with Crippen LogP contribution in [-0.4, -0.2) is 19.7 Å². The van der Waals surface area contributed by atoms with Crippen molar-refractivity contribution in [2.75, 3.05) is 18.2 Å². The molecule has 0 unspecified atom stereocenters. The molecule has 0 radical (unpaired) electrons. The molecule has 2 aliphatic rings. The Bertz CT molecular complexity index is 948. The molecule has 1 amide bonds. The lowest BCUT2D eigenvalue weighted by atomic mass is 9.91. The number of hydrogen-bond donors (Lipinski definition) is 0. The monoisotopic (exact) mass is 291 g/mol. The van der Waals surface area contributed by atoms with E-state index < -0.39 is 0 Å². The fourth-order valence-electron chi connectivity index (χ4n) is 3.61. The Morgan fingerprint density at radius 1 is 1.09 bits per heavy atom. The average molecular weight is 291 g/mol. The Balaban J connectivity index is 2.06. The van der Waals surface area contributed by atoms with Gasteiger partial charge in [0, 0.05) is 17.3 Å². The minimum atomic E-state index is 0.254. The van der Waals surface area contributed by atoms with Gasteiger partial charge in [-0.2, -0.15) is 0 Å². The van der Waals surface area contributed by atoms with E-state index in [0.29, 0.717) is 6.54 Å². The first-order chi connectivity index (χ1) is 10.9. The van der Waals surface area contributed by atoms with E-state index in [2.05, 4.69) is 24.3 Å². The van der Waals surface area contributed by atoms with E-state index in [-0.39, 0.29) is 6.79 Å². The predicted octanol–water partition coefficient (Wildman–Crippen LogP) is 3.24. The topological polar surface area (TPSA) is 38.8 Å². The van der Waals surface area contributed by atoms with Crippen LogP contribution in [0.2, 0.25) is 0 Å². The van der Waals surface area contributed by atoms with Gasteiger partial charge in [0.1, 0.15) is 0 Å². The Hall–Kier alpha value is -2.75. The van der Waals surface area contributed by atoms with Crippen LogP contribution in [0.3, 0.4) is 0 Å². The zero-order valence-corrected chi connectivity index (χ0v) is 11.8. The summed E-state index contributed by atoms with van der Waals surface area (Å²) in [5.74, 6) is 1.61. The number of anilines is 1. The number of hydrogen-bond acceptors (Lipinski definition) is 3. The second-order valence-corrected chi connectivity index (χ2v) is 5.69. The highest BCUT2D eigenvalue weighted by Gasteiger charge is 2.27. The van der Waals surface area contributed by atoms with Gasteiger partial charge < -0.3 is 14.4 Å². The van der Waals surface area contributed by atoms with Crippen LogP contribution < -0.4 is 14.4 Å². The zero-order chi connectivity index (χ0) is 14.7. The molecule has 3 aromatic carbocycles. The molecule has 0 spiro atoms. The third-order valence-electron chi connectivity index (χ3n) is 4.58. The van der Waals surface area contributed by atoms with Crippen LogP contribution in [0.1, 0.15) is 5.56 Å². The molecule has 0 bridgehead atoms. The van der Waals surface area contributed by atoms with Crippen LogP contribution in [0.5, 0.6) is 11.5 Å². The normalized spacial score (nSPS) is 15.5. The van der Waals surface area contributed by atoms with Crippen LogP contribution in [0, 0.1) is 0 Å². The molecular formula is C18H13NO3. The molecule has 0 atom stereocenters. The van der Waals surface area contributed by atoms with E-state index in [1.807, 2.05) is 12.1 Å². The molecule has 0 aromatic heterocycles. The van der Waals surface area contributed by atoms with Crippen molar-refractivity contribution >= 4 is 33.6 Å². The molecule has 0 saturated heterocycles. The van der Waals surface area contributed by atoms with Crippen molar-refractivity contribution in [1.82, 2.24) is 0 Å². The van der Waals surface area contributed by atoms with Crippen molar-refractivity contribution in [2.24, 2.45) is 0 Å². The van der Waals surface area contributed by atoms with Gasteiger partial charge in [0.2, 0.25) is 13.2 Å². The largest absolute Gasteiger partial charge is 0.454 e. The Kier molecular flexibility index (Phi) is 2.23. The van der Waals surface area contributed by atoms with Crippen molar-refractivity contribution < 1.29 is 14.3 Å². The minimum absolute atomic E-state index is 0.254. The molecule has 0 saturated carbocycles. The molecule has 108 valence electrons. The summed E-state index contributed by atoms with van der Waals surface area (Å²) < 4.78 is 11.3. The second-order valence-electron chi connectivity index (χ2n) is 5.69. The highest BCUT2D eigenvalue weighted by Crippen LogP contribution is 2.48. The predicted molar refractivity (Wildman–Crippen MR) is 84.7 cm³/mol. The van der Waals surface area contributed by atoms with Gasteiger partial charge in [-0.1, -0.05) is 24.3 Å². The number of fused-ring (bicyclic) bond motifs is 4. The average Bonchev–Trinajstić information content (AvgIpc) is 3.03. The summed E-state index contributed by atoms with van der Waals surface area (Å²) in [5, 5.41) is 4.41. The number of benzene rings is 3. The summed E-state index contributed by atoms with van der Waals surface area (Å²) in [6, 6.07) is 12.4. The molecule has 2 aliphatic heterocycles. The fourth-order valence-corrected chi connectivity index (χ4v) is 3.61. The van der Waals surface area contributed by atoms with Crippen molar-refractivity contribution in [1.29, 1.82) is 0 Å². The van der Waals surface area contributed by atoms with E-state index in [4.69, 9.17) is 9.47 Å². The van der Waals surface area contributed by atoms with Crippen molar-refractivity contribution in [3.05, 3.63) is 42.0 Å². The molecule has 0 N–H and O–H groups in total. The fraction of sp³-hybridized carbons (Fsp3) is 0.167. The van der Waals surface area contributed by atoms with Crippen LogP contribution in [0.15, 0.2) is 36.4 Å². The summed E-state index contributed by atoms with van der Waals surface area (Å²) in [5.41, 5.74) is 2.18. The van der Waals surface area contributed by atoms with Gasteiger partial charge in [0.05, 0.1) is 5.69 Å². The van der Waals surface area contributed by atoms with E-state index in [1.54, 1.807) is 4.90 Å². The molecule has 4 nitrogen and oxygen atoms in total. The number of amides is 1. The Morgan fingerprint density at radius 3 is 2.91 bits per heavy atom. The van der Waals surface area contributed by atoms with Crippen molar-refractivity contribution in [3.63, 3.8) is 0 Å². The van der Waals surface area contributed by atoms with Gasteiger partial charge in [-0.05, 0) is 34.9 Å². The van der Waals surface area contributed by atoms with Gasteiger partial charge >= 0.3 is 0 Å². The third-order valence-corrected chi connectivity index (χ3v) is 4.58. The molecule has 4 heteroatoms. The first-order valence-electron chi connectivity index (χ1n) is 7.35. The first-order valence-corrected chi connectivity index (χ1v) is 7.35. The smallest absolute Gasteiger partial charge is 0.231 e. The van der Waals surface area contributed by atoms with Crippen LogP contribution in [0.25, 0.3) is 21.5 Å². The Labute approximate surface area is 126 Å². The quantitative estimate of drug-likeness (QED) is 0.510. The number of carbonyl (C=O) groups excluding carboxylic acids is 1. The number of ether oxygens (including phenoxy) is 2. The van der Waals surface area contributed by atoms with E-state index in [0.717, 1.165) is 51.6 Å². The highest BCUT2D eigenvalue weighted by atomic mass is 16.7. The van der Waals surface area contributed by atoms with E-state index in [1.165, 1.54) is 5.56 Å². The standard InChI is InChI=1S/C18H13NO3/c20-9-19-6-5-12-8-15-18(22-10-21-15)17-13-4-2-1-3-11(13)7-14(19)16(12)17/h1-4,7-9H,5-6,10H2. The van der Waals surface area contributed by atoms with Crippen LogP contribution in [-0.2, 0) is 11.2 Å². The Morgan fingerprint density at radius 2 is 2.00 bits per heavy atom. The van der Waals surface area contributed by atoms with Gasteiger partial charge in [-0.15, -0.1) is 0 Å². The molecule has 22 heavy (non-hydrogen) atoms.